The summed E-state index contributed by atoms with van der Waals surface area (Å²) in [6.07, 6.45) is 2.57. The van der Waals surface area contributed by atoms with Crippen LogP contribution >= 0.6 is 15.9 Å². The van der Waals surface area contributed by atoms with Gasteiger partial charge >= 0.3 is 0 Å². The Hall–Kier alpha value is -0.680. The third-order valence-electron chi connectivity index (χ3n) is 3.53. The van der Waals surface area contributed by atoms with Crippen molar-refractivity contribution in [2.24, 2.45) is 5.92 Å². The number of nitrogens with one attached hydrogen (secondary N) is 1. The lowest BCUT2D eigenvalue weighted by Crippen LogP contribution is -2.35. The molecule has 1 saturated heterocycles. The van der Waals surface area contributed by atoms with Gasteiger partial charge in [-0.05, 0) is 61.2 Å². The molecule has 1 aliphatic rings. The zero-order valence-corrected chi connectivity index (χ0v) is 12.7. The molecule has 1 aromatic rings. The molecule has 0 atom stereocenters. The van der Waals surface area contributed by atoms with Gasteiger partial charge in [0, 0.05) is 12.6 Å². The Morgan fingerprint density at radius 1 is 1.39 bits per heavy atom. The quantitative estimate of drug-likeness (QED) is 0.868. The first-order valence-electron chi connectivity index (χ1n) is 6.64. The first-order valence-corrected chi connectivity index (χ1v) is 7.44. The average Bonchev–Trinajstić information content (AvgIpc) is 2.36. The number of halogens is 1. The maximum absolute atomic E-state index is 4.39. The first kappa shape index (κ1) is 13.7. The van der Waals surface area contributed by atoms with Gasteiger partial charge < -0.3 is 10.2 Å². The minimum atomic E-state index is 0.766. The molecule has 0 aromatic carbocycles. The van der Waals surface area contributed by atoms with Gasteiger partial charge in [-0.2, -0.15) is 0 Å². The maximum atomic E-state index is 4.39. The average molecular weight is 313 g/mol. The predicted octanol–water partition coefficient (Wildman–Crippen LogP) is 2.69. The molecule has 4 nitrogen and oxygen atoms in total. The van der Waals surface area contributed by atoms with Crippen molar-refractivity contribution in [3.63, 3.8) is 0 Å². The summed E-state index contributed by atoms with van der Waals surface area (Å²) in [5.74, 6) is 2.49. The van der Waals surface area contributed by atoms with Crippen LogP contribution in [-0.4, -0.2) is 41.0 Å². The van der Waals surface area contributed by atoms with Gasteiger partial charge in [0.05, 0.1) is 0 Å². The summed E-state index contributed by atoms with van der Waals surface area (Å²) in [7, 11) is 0. The van der Waals surface area contributed by atoms with Crippen LogP contribution in [0.4, 0.5) is 5.82 Å². The van der Waals surface area contributed by atoms with Gasteiger partial charge in [0.25, 0.3) is 0 Å². The standard InChI is InChI=1S/C13H21BrN4/c1-3-18-6-4-11(5-7-18)9-15-13-8-12(14)16-10(2)17-13/h8,11H,3-7,9H2,1-2H3,(H,15,16,17). The van der Waals surface area contributed by atoms with E-state index < -0.39 is 0 Å². The van der Waals surface area contributed by atoms with Crippen molar-refractivity contribution in [3.05, 3.63) is 16.5 Å². The Kier molecular flexibility index (Phi) is 4.95. The number of rotatable bonds is 4. The summed E-state index contributed by atoms with van der Waals surface area (Å²) in [5, 5.41) is 3.43. The molecule has 2 rings (SSSR count). The van der Waals surface area contributed by atoms with Crippen LogP contribution in [0.25, 0.3) is 0 Å². The number of nitrogens with zero attached hydrogens (tertiary/aromatic N) is 3. The van der Waals surface area contributed by atoms with E-state index in [0.29, 0.717) is 0 Å². The van der Waals surface area contributed by atoms with Gasteiger partial charge in [-0.3, -0.25) is 0 Å². The fraction of sp³-hybridized carbons (Fsp3) is 0.692. The third kappa shape index (κ3) is 3.92. The summed E-state index contributed by atoms with van der Waals surface area (Å²) in [6.45, 7) is 8.80. The van der Waals surface area contributed by atoms with Crippen LogP contribution in [0.1, 0.15) is 25.6 Å². The predicted molar refractivity (Wildman–Crippen MR) is 77.8 cm³/mol. The normalized spacial score (nSPS) is 17.9. The Bertz CT molecular complexity index is 368. The van der Waals surface area contributed by atoms with E-state index in [9.17, 15) is 0 Å². The van der Waals surface area contributed by atoms with Gasteiger partial charge in [-0.25, -0.2) is 9.97 Å². The molecule has 0 radical (unpaired) electrons. The molecule has 1 fully saturated rings. The van der Waals surface area contributed by atoms with Gasteiger partial charge in [0.2, 0.25) is 0 Å². The molecule has 1 aliphatic heterocycles. The van der Waals surface area contributed by atoms with Crippen LogP contribution in [0.15, 0.2) is 10.7 Å². The molecule has 1 N–H and O–H groups in total. The molecule has 0 unspecified atom stereocenters. The number of anilines is 1. The highest BCUT2D eigenvalue weighted by atomic mass is 79.9. The molecule has 18 heavy (non-hydrogen) atoms. The monoisotopic (exact) mass is 312 g/mol. The topological polar surface area (TPSA) is 41.0 Å². The third-order valence-corrected chi connectivity index (χ3v) is 3.94. The van der Waals surface area contributed by atoms with E-state index >= 15 is 0 Å². The van der Waals surface area contributed by atoms with E-state index in [1.165, 1.54) is 32.5 Å². The molecule has 2 heterocycles. The van der Waals surface area contributed by atoms with Crippen LogP contribution in [0.5, 0.6) is 0 Å². The molecule has 0 spiro atoms. The molecule has 100 valence electrons. The maximum Gasteiger partial charge on any atom is 0.130 e. The Labute approximate surface area is 117 Å². The van der Waals surface area contributed by atoms with Gasteiger partial charge in [0.1, 0.15) is 16.2 Å². The van der Waals surface area contributed by atoms with E-state index in [2.05, 4.69) is 43.0 Å². The summed E-state index contributed by atoms with van der Waals surface area (Å²) >= 11 is 3.40. The molecule has 0 saturated carbocycles. The number of hydrogen-bond donors (Lipinski definition) is 1. The van der Waals surface area contributed by atoms with Crippen molar-refractivity contribution in [3.8, 4) is 0 Å². The lowest BCUT2D eigenvalue weighted by atomic mass is 9.97. The second-order valence-corrected chi connectivity index (χ2v) is 5.69. The molecule has 1 aromatic heterocycles. The van der Waals surface area contributed by atoms with E-state index in [0.717, 1.165) is 28.7 Å². The molecule has 0 aliphatic carbocycles. The smallest absolute Gasteiger partial charge is 0.130 e. The van der Waals surface area contributed by atoms with E-state index in [1.54, 1.807) is 0 Å². The largest absolute Gasteiger partial charge is 0.370 e. The number of aryl methyl sites for hydroxylation is 1. The van der Waals surface area contributed by atoms with Crippen molar-refractivity contribution in [1.82, 2.24) is 14.9 Å². The zero-order valence-electron chi connectivity index (χ0n) is 11.1. The summed E-state index contributed by atoms with van der Waals surface area (Å²) in [4.78, 5) is 11.1. The SMILES string of the molecule is CCN1CCC(CNc2cc(Br)nc(C)n2)CC1. The minimum Gasteiger partial charge on any atom is -0.370 e. The lowest BCUT2D eigenvalue weighted by Gasteiger charge is -2.31. The summed E-state index contributed by atoms with van der Waals surface area (Å²) in [6, 6.07) is 1.94. The highest BCUT2D eigenvalue weighted by Gasteiger charge is 2.17. The molecule has 5 heteroatoms. The van der Waals surface area contributed by atoms with Crippen LogP contribution in [0.2, 0.25) is 0 Å². The summed E-state index contributed by atoms with van der Waals surface area (Å²) < 4.78 is 0.846. The van der Waals surface area contributed by atoms with Gasteiger partial charge in [0.15, 0.2) is 0 Å². The number of likely N-dealkylation sites (tertiary alicyclic amines) is 1. The minimum absolute atomic E-state index is 0.766. The highest BCUT2D eigenvalue weighted by molar-refractivity contribution is 9.10. The zero-order chi connectivity index (χ0) is 13.0. The van der Waals surface area contributed by atoms with E-state index in [4.69, 9.17) is 0 Å². The summed E-state index contributed by atoms with van der Waals surface area (Å²) in [5.41, 5.74) is 0. The molecule has 0 amide bonds. The van der Waals surface area contributed by atoms with Crippen LogP contribution < -0.4 is 5.32 Å². The highest BCUT2D eigenvalue weighted by Crippen LogP contribution is 2.18. The Balaban J connectivity index is 1.81. The molecule has 0 bridgehead atoms. The van der Waals surface area contributed by atoms with Crippen molar-refractivity contribution < 1.29 is 0 Å². The lowest BCUT2D eigenvalue weighted by molar-refractivity contribution is 0.198. The van der Waals surface area contributed by atoms with Crippen molar-refractivity contribution >= 4 is 21.7 Å². The van der Waals surface area contributed by atoms with Crippen LogP contribution in [0.3, 0.4) is 0 Å². The number of hydrogen-bond acceptors (Lipinski definition) is 4. The fourth-order valence-electron chi connectivity index (χ4n) is 2.38. The van der Waals surface area contributed by atoms with E-state index in [1.807, 2.05) is 13.0 Å². The van der Waals surface area contributed by atoms with Crippen molar-refractivity contribution in [2.75, 3.05) is 31.5 Å². The van der Waals surface area contributed by atoms with E-state index in [-0.39, 0.29) is 0 Å². The van der Waals surface area contributed by atoms with Crippen molar-refractivity contribution in [2.45, 2.75) is 26.7 Å². The van der Waals surface area contributed by atoms with Crippen LogP contribution in [0, 0.1) is 12.8 Å². The number of piperidine rings is 1. The number of aromatic nitrogens is 2. The van der Waals surface area contributed by atoms with Crippen LogP contribution in [-0.2, 0) is 0 Å². The first-order chi connectivity index (χ1) is 8.67. The van der Waals surface area contributed by atoms with Gasteiger partial charge in [-0.1, -0.05) is 6.92 Å². The second-order valence-electron chi connectivity index (χ2n) is 4.88. The van der Waals surface area contributed by atoms with Gasteiger partial charge in [-0.15, -0.1) is 0 Å². The van der Waals surface area contributed by atoms with Crippen molar-refractivity contribution in [1.29, 1.82) is 0 Å². The fourth-order valence-corrected chi connectivity index (χ4v) is 2.85. The second kappa shape index (κ2) is 6.48. The molecular formula is C13H21BrN4. The Morgan fingerprint density at radius 3 is 2.72 bits per heavy atom. The molecular weight excluding hydrogens is 292 g/mol. The Morgan fingerprint density at radius 2 is 2.11 bits per heavy atom.